The molecule has 4 heteroatoms. The standard InChI is InChI=1S/C14H23N3O/c1-16(2)11-7-10-15-14(18)12-17(3)13-8-5-4-6-9-13/h4-6,8-9H,7,10-12H2,1-3H3,(H,15,18). The average Bonchev–Trinajstić information content (AvgIpc) is 2.35. The van der Waals surface area contributed by atoms with Crippen LogP contribution in [0, 0.1) is 0 Å². The van der Waals surface area contributed by atoms with Crippen molar-refractivity contribution in [1.82, 2.24) is 10.2 Å². The Morgan fingerprint density at radius 3 is 2.44 bits per heavy atom. The van der Waals surface area contributed by atoms with Crippen LogP contribution in [-0.2, 0) is 4.79 Å². The molecule has 0 aromatic heterocycles. The summed E-state index contributed by atoms with van der Waals surface area (Å²) in [5.41, 5.74) is 1.06. The highest BCUT2D eigenvalue weighted by Gasteiger charge is 2.06. The average molecular weight is 249 g/mol. The van der Waals surface area contributed by atoms with Crippen LogP contribution in [0.1, 0.15) is 6.42 Å². The van der Waals surface area contributed by atoms with Crippen LogP contribution in [0.2, 0.25) is 0 Å². The predicted octanol–water partition coefficient (Wildman–Crippen LogP) is 1.19. The first-order valence-corrected chi connectivity index (χ1v) is 6.27. The second kappa shape index (κ2) is 7.71. The van der Waals surface area contributed by atoms with E-state index in [0.717, 1.165) is 25.2 Å². The Bertz CT molecular complexity index is 351. The fourth-order valence-electron chi connectivity index (χ4n) is 1.67. The number of hydrogen-bond donors (Lipinski definition) is 1. The third-order valence-electron chi connectivity index (χ3n) is 2.68. The van der Waals surface area contributed by atoms with E-state index in [1.165, 1.54) is 0 Å². The van der Waals surface area contributed by atoms with Gasteiger partial charge in [-0.25, -0.2) is 0 Å². The number of para-hydroxylation sites is 1. The summed E-state index contributed by atoms with van der Waals surface area (Å²) in [5.74, 6) is 0.0695. The van der Waals surface area contributed by atoms with Crippen molar-refractivity contribution in [2.75, 3.05) is 45.7 Å². The maximum Gasteiger partial charge on any atom is 0.239 e. The van der Waals surface area contributed by atoms with Crippen molar-refractivity contribution in [2.45, 2.75) is 6.42 Å². The first-order chi connectivity index (χ1) is 8.59. The van der Waals surface area contributed by atoms with E-state index in [4.69, 9.17) is 0 Å². The van der Waals surface area contributed by atoms with Gasteiger partial charge in [0.25, 0.3) is 0 Å². The minimum Gasteiger partial charge on any atom is -0.365 e. The SMILES string of the molecule is CN(C)CCCNC(=O)CN(C)c1ccccc1. The van der Waals surface area contributed by atoms with E-state index in [-0.39, 0.29) is 5.91 Å². The number of nitrogens with zero attached hydrogens (tertiary/aromatic N) is 2. The summed E-state index contributed by atoms with van der Waals surface area (Å²) in [5, 5.41) is 2.93. The zero-order chi connectivity index (χ0) is 13.4. The van der Waals surface area contributed by atoms with E-state index in [1.807, 2.05) is 56.4 Å². The van der Waals surface area contributed by atoms with Gasteiger partial charge in [0.1, 0.15) is 0 Å². The molecule has 0 heterocycles. The zero-order valence-corrected chi connectivity index (χ0v) is 11.5. The van der Waals surface area contributed by atoms with Gasteiger partial charge in [0.2, 0.25) is 5.91 Å². The Morgan fingerprint density at radius 1 is 1.17 bits per heavy atom. The number of nitrogens with one attached hydrogen (secondary N) is 1. The van der Waals surface area contributed by atoms with Gasteiger partial charge < -0.3 is 15.1 Å². The van der Waals surface area contributed by atoms with E-state index >= 15 is 0 Å². The molecule has 4 nitrogen and oxygen atoms in total. The summed E-state index contributed by atoms with van der Waals surface area (Å²) in [6, 6.07) is 9.92. The maximum absolute atomic E-state index is 11.7. The molecule has 0 aliphatic carbocycles. The van der Waals surface area contributed by atoms with Gasteiger partial charge >= 0.3 is 0 Å². The number of carbonyl (C=O) groups excluding carboxylic acids is 1. The Labute approximate surface area is 110 Å². The molecule has 0 saturated carbocycles. The lowest BCUT2D eigenvalue weighted by atomic mass is 10.3. The fraction of sp³-hybridized carbons (Fsp3) is 0.500. The van der Waals surface area contributed by atoms with Crippen molar-refractivity contribution in [3.05, 3.63) is 30.3 Å². The Kier molecular flexibility index (Phi) is 6.22. The van der Waals surface area contributed by atoms with Gasteiger partial charge in [-0.05, 0) is 39.2 Å². The normalized spacial score (nSPS) is 10.4. The fourth-order valence-corrected chi connectivity index (χ4v) is 1.67. The number of anilines is 1. The highest BCUT2D eigenvalue weighted by molar-refractivity contribution is 5.81. The number of hydrogen-bond acceptors (Lipinski definition) is 3. The molecule has 0 saturated heterocycles. The monoisotopic (exact) mass is 249 g/mol. The van der Waals surface area contributed by atoms with E-state index < -0.39 is 0 Å². The molecule has 1 rings (SSSR count). The van der Waals surface area contributed by atoms with E-state index in [2.05, 4.69) is 10.2 Å². The van der Waals surface area contributed by atoms with Crippen LogP contribution in [0.15, 0.2) is 30.3 Å². The predicted molar refractivity (Wildman–Crippen MR) is 75.9 cm³/mol. The van der Waals surface area contributed by atoms with Gasteiger partial charge in [0, 0.05) is 19.3 Å². The van der Waals surface area contributed by atoms with Crippen molar-refractivity contribution in [1.29, 1.82) is 0 Å². The molecule has 1 amide bonds. The molecule has 1 N–H and O–H groups in total. The van der Waals surface area contributed by atoms with Crippen LogP contribution in [0.5, 0.6) is 0 Å². The summed E-state index contributed by atoms with van der Waals surface area (Å²) < 4.78 is 0. The Hall–Kier alpha value is -1.55. The molecule has 0 atom stereocenters. The molecular formula is C14H23N3O. The van der Waals surface area contributed by atoms with E-state index in [1.54, 1.807) is 0 Å². The molecule has 0 aliphatic heterocycles. The van der Waals surface area contributed by atoms with Crippen molar-refractivity contribution in [3.8, 4) is 0 Å². The van der Waals surface area contributed by atoms with Gasteiger partial charge in [-0.1, -0.05) is 18.2 Å². The maximum atomic E-state index is 11.7. The largest absolute Gasteiger partial charge is 0.365 e. The summed E-state index contributed by atoms with van der Waals surface area (Å²) in [4.78, 5) is 15.8. The first-order valence-electron chi connectivity index (χ1n) is 6.27. The van der Waals surface area contributed by atoms with Crippen LogP contribution in [0.4, 0.5) is 5.69 Å². The zero-order valence-electron chi connectivity index (χ0n) is 11.5. The summed E-state index contributed by atoms with van der Waals surface area (Å²) in [7, 11) is 5.99. The van der Waals surface area contributed by atoms with E-state index in [0.29, 0.717) is 6.54 Å². The van der Waals surface area contributed by atoms with Crippen LogP contribution < -0.4 is 10.2 Å². The molecule has 0 spiro atoms. The topological polar surface area (TPSA) is 35.6 Å². The minimum absolute atomic E-state index is 0.0695. The summed E-state index contributed by atoms with van der Waals surface area (Å²) in [6.45, 7) is 2.13. The lowest BCUT2D eigenvalue weighted by molar-refractivity contribution is -0.119. The van der Waals surface area contributed by atoms with Crippen LogP contribution in [-0.4, -0.2) is 51.6 Å². The van der Waals surface area contributed by atoms with Gasteiger partial charge in [-0.2, -0.15) is 0 Å². The molecule has 0 bridgehead atoms. The van der Waals surface area contributed by atoms with Crippen molar-refractivity contribution in [2.24, 2.45) is 0 Å². The number of amides is 1. The van der Waals surface area contributed by atoms with Crippen molar-refractivity contribution < 1.29 is 4.79 Å². The highest BCUT2D eigenvalue weighted by atomic mass is 16.2. The molecule has 0 radical (unpaired) electrons. The number of carbonyl (C=O) groups is 1. The van der Waals surface area contributed by atoms with Gasteiger partial charge in [0.05, 0.1) is 6.54 Å². The summed E-state index contributed by atoms with van der Waals surface area (Å²) >= 11 is 0. The molecule has 0 aliphatic rings. The molecule has 18 heavy (non-hydrogen) atoms. The van der Waals surface area contributed by atoms with Gasteiger partial charge in [0.15, 0.2) is 0 Å². The number of rotatable bonds is 7. The summed E-state index contributed by atoms with van der Waals surface area (Å²) in [6.07, 6.45) is 0.980. The van der Waals surface area contributed by atoms with Crippen LogP contribution in [0.3, 0.4) is 0 Å². The number of likely N-dealkylation sites (N-methyl/N-ethyl adjacent to an activating group) is 1. The molecule has 1 aromatic carbocycles. The van der Waals surface area contributed by atoms with E-state index in [9.17, 15) is 4.79 Å². The quantitative estimate of drug-likeness (QED) is 0.737. The van der Waals surface area contributed by atoms with Crippen LogP contribution in [0.25, 0.3) is 0 Å². The second-order valence-electron chi connectivity index (χ2n) is 4.70. The van der Waals surface area contributed by atoms with Crippen molar-refractivity contribution >= 4 is 11.6 Å². The third-order valence-corrected chi connectivity index (χ3v) is 2.68. The smallest absolute Gasteiger partial charge is 0.239 e. The van der Waals surface area contributed by atoms with Crippen molar-refractivity contribution in [3.63, 3.8) is 0 Å². The molecular weight excluding hydrogens is 226 g/mol. The Morgan fingerprint density at radius 2 is 1.83 bits per heavy atom. The van der Waals surface area contributed by atoms with Gasteiger partial charge in [-0.3, -0.25) is 4.79 Å². The Balaban J connectivity index is 2.24. The van der Waals surface area contributed by atoms with Gasteiger partial charge in [-0.15, -0.1) is 0 Å². The third kappa shape index (κ3) is 5.68. The second-order valence-corrected chi connectivity index (χ2v) is 4.70. The van der Waals surface area contributed by atoms with Crippen LogP contribution >= 0.6 is 0 Å². The minimum atomic E-state index is 0.0695. The highest BCUT2D eigenvalue weighted by Crippen LogP contribution is 2.09. The molecule has 1 aromatic rings. The molecule has 100 valence electrons. The molecule has 0 unspecified atom stereocenters. The lowest BCUT2D eigenvalue weighted by Gasteiger charge is -2.18. The first kappa shape index (κ1) is 14.5. The molecule has 0 fully saturated rings. The lowest BCUT2D eigenvalue weighted by Crippen LogP contribution is -2.36. The number of benzene rings is 1.